The second-order valence-electron chi connectivity index (χ2n) is 5.67. The average Bonchev–Trinajstić information content (AvgIpc) is 2.39. The summed E-state index contributed by atoms with van der Waals surface area (Å²) in [5.41, 5.74) is -0.776. The lowest BCUT2D eigenvalue weighted by Crippen LogP contribution is -2.55. The van der Waals surface area contributed by atoms with E-state index in [0.29, 0.717) is 19.1 Å². The molecule has 0 radical (unpaired) electrons. The van der Waals surface area contributed by atoms with Crippen molar-refractivity contribution in [3.8, 4) is 0 Å². The Morgan fingerprint density at radius 3 is 2.72 bits per heavy atom. The molecule has 2 amide bonds. The predicted octanol–water partition coefficient (Wildman–Crippen LogP) is 0.733. The van der Waals surface area contributed by atoms with Gasteiger partial charge in [-0.3, -0.25) is 0 Å². The second kappa shape index (κ2) is 6.38. The molecular formula is C13H25N3O2. The molecule has 5 nitrogen and oxygen atoms in total. The average molecular weight is 255 g/mol. The SMILES string of the molecule is O=C(NC[C@]1(O)CCCNC1)NC1CCCCC1. The van der Waals surface area contributed by atoms with Gasteiger partial charge in [0, 0.05) is 19.1 Å². The zero-order valence-corrected chi connectivity index (χ0v) is 11.0. The largest absolute Gasteiger partial charge is 0.387 e. The van der Waals surface area contributed by atoms with Crippen molar-refractivity contribution in [2.45, 2.75) is 56.6 Å². The van der Waals surface area contributed by atoms with E-state index in [2.05, 4.69) is 16.0 Å². The molecule has 0 aromatic carbocycles. The number of carbonyl (C=O) groups is 1. The Kier molecular flexibility index (Phi) is 4.83. The highest BCUT2D eigenvalue weighted by molar-refractivity contribution is 5.74. The maximum Gasteiger partial charge on any atom is 0.315 e. The van der Waals surface area contributed by atoms with Crippen LogP contribution in [0.25, 0.3) is 0 Å². The van der Waals surface area contributed by atoms with Crippen molar-refractivity contribution in [1.82, 2.24) is 16.0 Å². The van der Waals surface area contributed by atoms with Gasteiger partial charge in [-0.25, -0.2) is 4.79 Å². The predicted molar refractivity (Wildman–Crippen MR) is 70.5 cm³/mol. The molecule has 0 bridgehead atoms. The first-order valence-electron chi connectivity index (χ1n) is 7.15. The lowest BCUT2D eigenvalue weighted by atomic mass is 9.94. The van der Waals surface area contributed by atoms with Crippen LogP contribution < -0.4 is 16.0 Å². The summed E-state index contributed by atoms with van der Waals surface area (Å²) in [7, 11) is 0. The molecule has 4 N–H and O–H groups in total. The molecule has 1 atom stereocenters. The molecule has 18 heavy (non-hydrogen) atoms. The third kappa shape index (κ3) is 4.14. The van der Waals surface area contributed by atoms with E-state index >= 15 is 0 Å². The number of β-amino-alcohol motifs (C(OH)–C–C–N with tert-alkyl or cyclic N) is 1. The molecule has 0 spiro atoms. The first-order valence-corrected chi connectivity index (χ1v) is 7.15. The molecule has 0 unspecified atom stereocenters. The summed E-state index contributed by atoms with van der Waals surface area (Å²) in [5.74, 6) is 0. The Balaban J connectivity index is 1.67. The van der Waals surface area contributed by atoms with Gasteiger partial charge < -0.3 is 21.1 Å². The molecule has 1 aliphatic carbocycles. The third-order valence-corrected chi connectivity index (χ3v) is 3.97. The van der Waals surface area contributed by atoms with Gasteiger partial charge in [0.2, 0.25) is 0 Å². The number of carbonyl (C=O) groups excluding carboxylic acids is 1. The molecule has 104 valence electrons. The Morgan fingerprint density at radius 1 is 1.28 bits per heavy atom. The van der Waals surface area contributed by atoms with Crippen molar-refractivity contribution >= 4 is 6.03 Å². The van der Waals surface area contributed by atoms with Gasteiger partial charge >= 0.3 is 6.03 Å². The first-order chi connectivity index (χ1) is 8.68. The van der Waals surface area contributed by atoms with Gasteiger partial charge in [0.15, 0.2) is 0 Å². The summed E-state index contributed by atoms with van der Waals surface area (Å²) in [6, 6.07) is 0.179. The normalized spacial score (nSPS) is 29.8. The molecule has 2 fully saturated rings. The maximum atomic E-state index is 11.7. The molecule has 0 aromatic rings. The number of hydrogen-bond donors (Lipinski definition) is 4. The van der Waals surface area contributed by atoms with Crippen LogP contribution >= 0.6 is 0 Å². The summed E-state index contributed by atoms with van der Waals surface area (Å²) in [6.45, 7) is 1.85. The molecule has 1 saturated heterocycles. The Bertz CT molecular complexity index is 271. The number of amides is 2. The molecule has 2 aliphatic rings. The summed E-state index contributed by atoms with van der Waals surface area (Å²) >= 11 is 0. The standard InChI is InChI=1S/C13H25N3O2/c17-12(16-11-5-2-1-3-6-11)15-10-13(18)7-4-8-14-9-13/h11,14,18H,1-10H2,(H2,15,16,17)/t13-/m0/s1. The summed E-state index contributed by atoms with van der Waals surface area (Å²) in [5, 5.41) is 19.2. The van der Waals surface area contributed by atoms with Crippen LogP contribution in [0.2, 0.25) is 0 Å². The first kappa shape index (κ1) is 13.6. The number of hydrogen-bond acceptors (Lipinski definition) is 3. The van der Waals surface area contributed by atoms with Crippen LogP contribution in [0.3, 0.4) is 0 Å². The van der Waals surface area contributed by atoms with Gasteiger partial charge in [-0.2, -0.15) is 0 Å². The molecular weight excluding hydrogens is 230 g/mol. The van der Waals surface area contributed by atoms with Gasteiger partial charge in [-0.1, -0.05) is 19.3 Å². The number of urea groups is 1. The van der Waals surface area contributed by atoms with Crippen molar-refractivity contribution in [2.24, 2.45) is 0 Å². The van der Waals surface area contributed by atoms with Gasteiger partial charge in [0.1, 0.15) is 0 Å². The van der Waals surface area contributed by atoms with Crippen LogP contribution in [0, 0.1) is 0 Å². The molecule has 0 aromatic heterocycles. The third-order valence-electron chi connectivity index (χ3n) is 3.97. The van der Waals surface area contributed by atoms with Crippen LogP contribution in [-0.4, -0.2) is 42.4 Å². The highest BCUT2D eigenvalue weighted by Gasteiger charge is 2.29. The number of piperidine rings is 1. The van der Waals surface area contributed by atoms with Crippen LogP contribution in [-0.2, 0) is 0 Å². The highest BCUT2D eigenvalue weighted by Crippen LogP contribution is 2.17. The van der Waals surface area contributed by atoms with E-state index in [0.717, 1.165) is 32.2 Å². The van der Waals surface area contributed by atoms with Gasteiger partial charge in [0.05, 0.1) is 5.60 Å². The number of rotatable bonds is 3. The highest BCUT2D eigenvalue weighted by atomic mass is 16.3. The zero-order valence-electron chi connectivity index (χ0n) is 11.0. The van der Waals surface area contributed by atoms with E-state index in [1.54, 1.807) is 0 Å². The summed E-state index contributed by atoms with van der Waals surface area (Å²) < 4.78 is 0. The van der Waals surface area contributed by atoms with Gasteiger partial charge in [-0.15, -0.1) is 0 Å². The van der Waals surface area contributed by atoms with Crippen LogP contribution in [0.1, 0.15) is 44.9 Å². The van der Waals surface area contributed by atoms with Crippen molar-refractivity contribution in [1.29, 1.82) is 0 Å². The zero-order chi connectivity index (χ0) is 12.8. The van der Waals surface area contributed by atoms with Crippen molar-refractivity contribution in [3.05, 3.63) is 0 Å². The van der Waals surface area contributed by atoms with Crippen molar-refractivity contribution < 1.29 is 9.90 Å². The minimum absolute atomic E-state index is 0.138. The quantitative estimate of drug-likeness (QED) is 0.601. The van der Waals surface area contributed by atoms with E-state index in [1.807, 2.05) is 0 Å². The summed E-state index contributed by atoms with van der Waals surface area (Å²) in [4.78, 5) is 11.7. The van der Waals surface area contributed by atoms with E-state index in [1.165, 1.54) is 19.3 Å². The minimum Gasteiger partial charge on any atom is -0.387 e. The smallest absolute Gasteiger partial charge is 0.315 e. The van der Waals surface area contributed by atoms with Crippen molar-refractivity contribution in [3.63, 3.8) is 0 Å². The van der Waals surface area contributed by atoms with Gasteiger partial charge in [-0.05, 0) is 32.2 Å². The Labute approximate surface area is 109 Å². The lowest BCUT2D eigenvalue weighted by molar-refractivity contribution is 0.0193. The molecule has 1 heterocycles. The van der Waals surface area contributed by atoms with E-state index in [9.17, 15) is 9.90 Å². The fourth-order valence-electron chi connectivity index (χ4n) is 2.83. The fourth-order valence-corrected chi connectivity index (χ4v) is 2.83. The van der Waals surface area contributed by atoms with Crippen molar-refractivity contribution in [2.75, 3.05) is 19.6 Å². The summed E-state index contributed by atoms with van der Waals surface area (Å²) in [6.07, 6.45) is 7.58. The lowest BCUT2D eigenvalue weighted by Gasteiger charge is -2.33. The van der Waals surface area contributed by atoms with E-state index in [4.69, 9.17) is 0 Å². The van der Waals surface area contributed by atoms with E-state index in [-0.39, 0.29) is 6.03 Å². The second-order valence-corrected chi connectivity index (χ2v) is 5.67. The van der Waals surface area contributed by atoms with E-state index < -0.39 is 5.60 Å². The monoisotopic (exact) mass is 255 g/mol. The Hall–Kier alpha value is -0.810. The number of nitrogens with one attached hydrogen (secondary N) is 3. The van der Waals surface area contributed by atoms with Gasteiger partial charge in [0.25, 0.3) is 0 Å². The molecule has 2 rings (SSSR count). The topological polar surface area (TPSA) is 73.4 Å². The molecule has 1 aliphatic heterocycles. The van der Waals surface area contributed by atoms with Crippen LogP contribution in [0.15, 0.2) is 0 Å². The molecule has 5 heteroatoms. The minimum atomic E-state index is -0.776. The Morgan fingerprint density at radius 2 is 2.06 bits per heavy atom. The molecule has 1 saturated carbocycles. The number of aliphatic hydroxyl groups is 1. The maximum absolute atomic E-state index is 11.7. The van der Waals surface area contributed by atoms with Crippen LogP contribution in [0.4, 0.5) is 4.79 Å². The fraction of sp³-hybridized carbons (Fsp3) is 0.923. The van der Waals surface area contributed by atoms with Crippen LogP contribution in [0.5, 0.6) is 0 Å².